The lowest BCUT2D eigenvalue weighted by atomic mass is 10.1. The molecule has 0 spiro atoms. The Kier molecular flexibility index (Phi) is 5.75. The molecule has 1 aromatic heterocycles. The lowest BCUT2D eigenvalue weighted by molar-refractivity contribution is -0.128. The van der Waals surface area contributed by atoms with Crippen LogP contribution in [0, 0.1) is 0 Å². The molecule has 5 nitrogen and oxygen atoms in total. The molecule has 2 aromatic rings. The van der Waals surface area contributed by atoms with Crippen LogP contribution < -0.4 is 5.32 Å². The van der Waals surface area contributed by atoms with Gasteiger partial charge in [0, 0.05) is 11.4 Å². The maximum atomic E-state index is 12.5. The molecule has 1 aliphatic rings. The van der Waals surface area contributed by atoms with Crippen molar-refractivity contribution in [1.82, 2.24) is 10.2 Å². The molecule has 1 N–H and O–H groups in total. The highest BCUT2D eigenvalue weighted by molar-refractivity contribution is 9.10. The van der Waals surface area contributed by atoms with E-state index in [2.05, 4.69) is 27.8 Å². The van der Waals surface area contributed by atoms with Crippen LogP contribution in [0.1, 0.15) is 5.76 Å². The normalized spacial score (nSPS) is 16.1. The van der Waals surface area contributed by atoms with Crippen molar-refractivity contribution in [3.63, 3.8) is 0 Å². The molecule has 0 saturated carbocycles. The summed E-state index contributed by atoms with van der Waals surface area (Å²) in [5, 5.41) is 3.20. The van der Waals surface area contributed by atoms with Gasteiger partial charge in [-0.25, -0.2) is 0 Å². The summed E-state index contributed by atoms with van der Waals surface area (Å²) in [7, 11) is 0. The van der Waals surface area contributed by atoms with Gasteiger partial charge in [-0.15, -0.1) is 6.58 Å². The van der Waals surface area contributed by atoms with Crippen molar-refractivity contribution in [2.24, 2.45) is 0 Å². The zero-order valence-electron chi connectivity index (χ0n) is 13.4. The fraction of sp³-hybridized carbons (Fsp3) is 0.0556. The van der Waals surface area contributed by atoms with E-state index in [4.69, 9.17) is 16.6 Å². The van der Waals surface area contributed by atoms with Crippen molar-refractivity contribution in [2.75, 3.05) is 6.54 Å². The van der Waals surface area contributed by atoms with Crippen molar-refractivity contribution < 1.29 is 14.0 Å². The first-order valence-electron chi connectivity index (χ1n) is 7.51. The minimum atomic E-state index is -0.551. The predicted octanol–water partition coefficient (Wildman–Crippen LogP) is 4.01. The summed E-state index contributed by atoms with van der Waals surface area (Å²) < 4.78 is 6.51. The smallest absolute Gasteiger partial charge is 0.266 e. The van der Waals surface area contributed by atoms with Gasteiger partial charge in [0.25, 0.3) is 11.8 Å². The molecule has 1 aromatic carbocycles. The van der Waals surface area contributed by atoms with Crippen LogP contribution in [0.4, 0.5) is 0 Å². The summed E-state index contributed by atoms with van der Waals surface area (Å²) in [4.78, 5) is 27.0. The number of carbonyl (C=O) groups is 2. The zero-order chi connectivity index (χ0) is 18.7. The van der Waals surface area contributed by atoms with Gasteiger partial charge in [0.1, 0.15) is 11.3 Å². The molecular formula is C18H13BrN2O3S2. The fourth-order valence-electron chi connectivity index (χ4n) is 2.24. The van der Waals surface area contributed by atoms with Crippen molar-refractivity contribution in [1.29, 1.82) is 0 Å². The third kappa shape index (κ3) is 3.98. The Balaban J connectivity index is 1.88. The van der Waals surface area contributed by atoms with Crippen molar-refractivity contribution in [3.8, 4) is 0 Å². The minimum absolute atomic E-state index is 0.0436. The van der Waals surface area contributed by atoms with Crippen LogP contribution in [0.5, 0.6) is 0 Å². The molecule has 1 saturated heterocycles. The number of nitrogens with zero attached hydrogens (tertiary/aromatic N) is 1. The van der Waals surface area contributed by atoms with E-state index < -0.39 is 11.8 Å². The number of furan rings is 1. The highest BCUT2D eigenvalue weighted by Gasteiger charge is 2.33. The minimum Gasteiger partial charge on any atom is -0.449 e. The van der Waals surface area contributed by atoms with E-state index in [-0.39, 0.29) is 17.2 Å². The van der Waals surface area contributed by atoms with Gasteiger partial charge in [-0.1, -0.05) is 36.0 Å². The standard InChI is InChI=1S/C18H13BrN2O3S2/c1-2-8-21-16(23)13(15(22)20-18(21)25)9-11-10-14(19)17(24-11)26-12-6-4-3-5-7-12/h2-7,9-10H,1,8H2,(H,20,22,25)/b13-9+. The van der Waals surface area contributed by atoms with Crippen LogP contribution >= 0.6 is 39.9 Å². The molecule has 1 fully saturated rings. The fourth-order valence-corrected chi connectivity index (χ4v) is 3.84. The molecule has 0 unspecified atom stereocenters. The van der Waals surface area contributed by atoms with Crippen LogP contribution in [0.15, 0.2) is 73.5 Å². The number of amides is 2. The maximum absolute atomic E-state index is 12.5. The second-order valence-corrected chi connectivity index (χ2v) is 7.51. The van der Waals surface area contributed by atoms with Crippen LogP contribution in [0.2, 0.25) is 0 Å². The molecule has 1 aliphatic heterocycles. The first kappa shape index (κ1) is 18.6. The summed E-state index contributed by atoms with van der Waals surface area (Å²) in [5.74, 6) is -0.645. The average Bonchev–Trinajstić information content (AvgIpc) is 2.96. The van der Waals surface area contributed by atoms with Gasteiger partial charge in [-0.3, -0.25) is 19.8 Å². The summed E-state index contributed by atoms with van der Waals surface area (Å²) in [5.41, 5.74) is -0.0436. The number of hydrogen-bond donors (Lipinski definition) is 1. The number of carbonyl (C=O) groups excluding carboxylic acids is 2. The molecule has 26 heavy (non-hydrogen) atoms. The van der Waals surface area contributed by atoms with Crippen molar-refractivity contribution in [2.45, 2.75) is 9.99 Å². The summed E-state index contributed by atoms with van der Waals surface area (Å²) >= 11 is 9.90. The van der Waals surface area contributed by atoms with Gasteiger partial charge in [0.2, 0.25) is 0 Å². The van der Waals surface area contributed by atoms with Crippen molar-refractivity contribution >= 4 is 62.9 Å². The Morgan fingerprint density at radius 3 is 2.73 bits per heavy atom. The van der Waals surface area contributed by atoms with Crippen LogP contribution in [-0.2, 0) is 9.59 Å². The number of hydrogen-bond acceptors (Lipinski definition) is 5. The molecule has 0 atom stereocenters. The molecule has 3 rings (SSSR count). The summed E-state index contributed by atoms with van der Waals surface area (Å²) in [6, 6.07) is 11.4. The maximum Gasteiger partial charge on any atom is 0.266 e. The van der Waals surface area contributed by atoms with Crippen LogP contribution in [-0.4, -0.2) is 28.4 Å². The lowest BCUT2D eigenvalue weighted by Gasteiger charge is -2.27. The first-order chi connectivity index (χ1) is 12.5. The zero-order valence-corrected chi connectivity index (χ0v) is 16.6. The van der Waals surface area contributed by atoms with Crippen LogP contribution in [0.25, 0.3) is 6.08 Å². The largest absolute Gasteiger partial charge is 0.449 e. The Hall–Kier alpha value is -2.16. The van der Waals surface area contributed by atoms with Gasteiger partial charge in [0.05, 0.1) is 4.47 Å². The van der Waals surface area contributed by atoms with E-state index in [0.717, 1.165) is 9.37 Å². The Morgan fingerprint density at radius 1 is 1.31 bits per heavy atom. The van der Waals surface area contributed by atoms with E-state index in [0.29, 0.717) is 10.9 Å². The van der Waals surface area contributed by atoms with Gasteiger partial charge in [0.15, 0.2) is 10.2 Å². The number of thiocarbonyl (C=S) groups is 1. The van der Waals surface area contributed by atoms with Gasteiger partial charge < -0.3 is 4.42 Å². The van der Waals surface area contributed by atoms with Crippen molar-refractivity contribution in [3.05, 3.63) is 64.9 Å². The van der Waals surface area contributed by atoms with E-state index >= 15 is 0 Å². The molecule has 8 heteroatoms. The number of nitrogens with one attached hydrogen (secondary N) is 1. The van der Waals surface area contributed by atoms with E-state index in [1.54, 1.807) is 6.07 Å². The molecule has 2 amide bonds. The third-order valence-electron chi connectivity index (χ3n) is 3.41. The topological polar surface area (TPSA) is 62.6 Å². The first-order valence-corrected chi connectivity index (χ1v) is 9.53. The molecule has 0 radical (unpaired) electrons. The molecule has 132 valence electrons. The quantitative estimate of drug-likeness (QED) is 0.324. The Morgan fingerprint density at radius 2 is 2.04 bits per heavy atom. The average molecular weight is 449 g/mol. The SMILES string of the molecule is C=CCN1C(=O)/C(=C/c2cc(Br)c(Sc3ccccc3)o2)C(=O)NC1=S. The predicted molar refractivity (Wildman–Crippen MR) is 108 cm³/mol. The second kappa shape index (κ2) is 8.03. The number of halogens is 1. The third-order valence-corrected chi connectivity index (χ3v) is 5.58. The molecule has 2 heterocycles. The highest BCUT2D eigenvalue weighted by atomic mass is 79.9. The molecular weight excluding hydrogens is 436 g/mol. The van der Waals surface area contributed by atoms with E-state index in [1.165, 1.54) is 28.8 Å². The van der Waals surface area contributed by atoms with Crippen LogP contribution in [0.3, 0.4) is 0 Å². The summed E-state index contributed by atoms with van der Waals surface area (Å²) in [6.07, 6.45) is 2.95. The monoisotopic (exact) mass is 448 g/mol. The Labute approximate surface area is 168 Å². The summed E-state index contributed by atoms with van der Waals surface area (Å²) in [6.45, 7) is 3.81. The van der Waals surface area contributed by atoms with E-state index in [1.807, 2.05) is 30.3 Å². The van der Waals surface area contributed by atoms with Gasteiger partial charge in [-0.2, -0.15) is 0 Å². The molecule has 0 aliphatic carbocycles. The lowest BCUT2D eigenvalue weighted by Crippen LogP contribution is -2.53. The van der Waals surface area contributed by atoms with Gasteiger partial charge in [-0.05, 0) is 52.4 Å². The second-order valence-electron chi connectivity index (χ2n) is 5.22. The van der Waals surface area contributed by atoms with E-state index in [9.17, 15) is 9.59 Å². The highest BCUT2D eigenvalue weighted by Crippen LogP contribution is 2.36. The number of rotatable bonds is 5. The van der Waals surface area contributed by atoms with Gasteiger partial charge >= 0.3 is 0 Å². The Bertz CT molecular complexity index is 922. The number of benzene rings is 1. The molecule has 0 bridgehead atoms.